The van der Waals surface area contributed by atoms with Gasteiger partial charge in [-0.3, -0.25) is 0 Å². The molecule has 28 heavy (non-hydrogen) atoms. The summed E-state index contributed by atoms with van der Waals surface area (Å²) in [6, 6.07) is 0. The highest BCUT2D eigenvalue weighted by Gasteiger charge is 1.95. The summed E-state index contributed by atoms with van der Waals surface area (Å²) in [7, 11) is 0. The minimum Gasteiger partial charge on any atom is -0.381 e. The Kier molecular flexibility index (Phi) is 32.5. The van der Waals surface area contributed by atoms with Crippen LogP contribution in [0.3, 0.4) is 0 Å². The van der Waals surface area contributed by atoms with Crippen molar-refractivity contribution in [3.05, 3.63) is 0 Å². The van der Waals surface area contributed by atoms with Gasteiger partial charge in [0.15, 0.2) is 0 Å². The lowest BCUT2D eigenvalue weighted by molar-refractivity contribution is 0.125. The van der Waals surface area contributed by atoms with E-state index in [9.17, 15) is 0 Å². The lowest BCUT2D eigenvalue weighted by Crippen LogP contribution is -1.97. The van der Waals surface area contributed by atoms with Gasteiger partial charge in [0.05, 0.1) is 0 Å². The van der Waals surface area contributed by atoms with E-state index >= 15 is 0 Å². The van der Waals surface area contributed by atoms with Gasteiger partial charge in [-0.2, -0.15) is 0 Å². The van der Waals surface area contributed by atoms with E-state index in [1.807, 2.05) is 0 Å². The van der Waals surface area contributed by atoms with Crippen LogP contribution < -0.4 is 0 Å². The van der Waals surface area contributed by atoms with Gasteiger partial charge < -0.3 is 4.74 Å². The van der Waals surface area contributed by atoms with Crippen molar-refractivity contribution in [2.75, 3.05) is 13.2 Å². The minimum atomic E-state index is 0. The molecule has 0 spiro atoms. The third kappa shape index (κ3) is 28.7. The zero-order valence-corrected chi connectivity index (χ0v) is 21.1. The Morgan fingerprint density at radius 3 is 0.786 bits per heavy atom. The first kappa shape index (κ1) is 30.7. The summed E-state index contributed by atoms with van der Waals surface area (Å²) >= 11 is 0. The standard InChI is InChI=1S/C26H54O.Al/c1-3-5-7-9-11-13-15-17-19-21-23-25-27-26-24-22-20-18-16-14-12-10-8-6-4-2;/h3-26H2,1-2H3;. The lowest BCUT2D eigenvalue weighted by Gasteiger charge is -2.05. The van der Waals surface area contributed by atoms with E-state index in [1.54, 1.807) is 0 Å². The highest BCUT2D eigenvalue weighted by Crippen LogP contribution is 2.12. The number of unbranched alkanes of at least 4 members (excludes halogenated alkanes) is 20. The number of ether oxygens (including phenoxy) is 1. The second kappa shape index (κ2) is 29.7. The van der Waals surface area contributed by atoms with Gasteiger partial charge in [-0.25, -0.2) is 0 Å². The zero-order chi connectivity index (χ0) is 19.7. The molecule has 0 aromatic carbocycles. The molecule has 0 amide bonds. The normalized spacial score (nSPS) is 10.9. The third-order valence-corrected chi connectivity index (χ3v) is 5.78. The van der Waals surface area contributed by atoms with Gasteiger partial charge in [0.25, 0.3) is 0 Å². The van der Waals surface area contributed by atoms with Crippen molar-refractivity contribution in [3.63, 3.8) is 0 Å². The monoisotopic (exact) mass is 409 g/mol. The summed E-state index contributed by atoms with van der Waals surface area (Å²) < 4.78 is 5.80. The molecule has 0 heterocycles. The molecule has 0 bridgehead atoms. The van der Waals surface area contributed by atoms with Crippen molar-refractivity contribution in [2.24, 2.45) is 0 Å². The zero-order valence-electron chi connectivity index (χ0n) is 20.0. The number of hydrogen-bond acceptors (Lipinski definition) is 1. The molecule has 0 fully saturated rings. The lowest BCUT2D eigenvalue weighted by atomic mass is 10.1. The van der Waals surface area contributed by atoms with Gasteiger partial charge in [0.1, 0.15) is 0 Å². The molecule has 1 nitrogen and oxygen atoms in total. The predicted molar refractivity (Wildman–Crippen MR) is 129 cm³/mol. The molecular formula is C26H54AlO. The molecule has 0 atom stereocenters. The highest BCUT2D eigenvalue weighted by atomic mass is 27.0. The third-order valence-electron chi connectivity index (χ3n) is 5.78. The predicted octanol–water partition coefficient (Wildman–Crippen LogP) is 9.24. The van der Waals surface area contributed by atoms with Crippen LogP contribution in [0.4, 0.5) is 0 Å². The van der Waals surface area contributed by atoms with E-state index in [0.29, 0.717) is 0 Å². The average Bonchev–Trinajstić information content (AvgIpc) is 2.68. The van der Waals surface area contributed by atoms with Crippen LogP contribution in [0.1, 0.15) is 155 Å². The van der Waals surface area contributed by atoms with Crippen molar-refractivity contribution >= 4 is 17.4 Å². The number of hydrogen-bond donors (Lipinski definition) is 0. The van der Waals surface area contributed by atoms with E-state index in [0.717, 1.165) is 13.2 Å². The van der Waals surface area contributed by atoms with Crippen LogP contribution in [0.15, 0.2) is 0 Å². The largest absolute Gasteiger partial charge is 0.381 e. The summed E-state index contributed by atoms with van der Waals surface area (Å²) in [5.74, 6) is 0. The van der Waals surface area contributed by atoms with Gasteiger partial charge >= 0.3 is 0 Å². The van der Waals surface area contributed by atoms with Crippen molar-refractivity contribution in [1.82, 2.24) is 0 Å². The highest BCUT2D eigenvalue weighted by molar-refractivity contribution is 5.75. The molecule has 3 radical (unpaired) electrons. The summed E-state index contributed by atoms with van der Waals surface area (Å²) in [5.41, 5.74) is 0. The molecule has 0 aromatic heterocycles. The van der Waals surface area contributed by atoms with Crippen LogP contribution in [0, 0.1) is 0 Å². The molecule has 0 rings (SSSR count). The Hall–Kier alpha value is 0.492. The molecule has 0 aliphatic carbocycles. The van der Waals surface area contributed by atoms with Gasteiger partial charge in [0.2, 0.25) is 0 Å². The minimum absolute atomic E-state index is 0. The van der Waals surface area contributed by atoms with Crippen LogP contribution in [-0.2, 0) is 4.74 Å². The fraction of sp³-hybridized carbons (Fsp3) is 1.00. The Balaban J connectivity index is 0. The summed E-state index contributed by atoms with van der Waals surface area (Å²) in [5, 5.41) is 0. The van der Waals surface area contributed by atoms with Crippen molar-refractivity contribution in [1.29, 1.82) is 0 Å². The van der Waals surface area contributed by atoms with Gasteiger partial charge in [-0.1, -0.05) is 142 Å². The molecule has 0 saturated carbocycles. The van der Waals surface area contributed by atoms with Gasteiger partial charge in [0, 0.05) is 30.6 Å². The van der Waals surface area contributed by atoms with Crippen LogP contribution in [0.25, 0.3) is 0 Å². The molecule has 0 N–H and O–H groups in total. The van der Waals surface area contributed by atoms with Crippen LogP contribution in [-0.4, -0.2) is 30.6 Å². The molecule has 167 valence electrons. The van der Waals surface area contributed by atoms with E-state index in [2.05, 4.69) is 13.8 Å². The fourth-order valence-electron chi connectivity index (χ4n) is 3.84. The van der Waals surface area contributed by atoms with Crippen molar-refractivity contribution < 1.29 is 4.74 Å². The smallest absolute Gasteiger partial charge is 0.0466 e. The van der Waals surface area contributed by atoms with E-state index in [-0.39, 0.29) is 17.4 Å². The van der Waals surface area contributed by atoms with Crippen LogP contribution in [0.2, 0.25) is 0 Å². The van der Waals surface area contributed by atoms with Crippen LogP contribution in [0.5, 0.6) is 0 Å². The van der Waals surface area contributed by atoms with Crippen molar-refractivity contribution in [3.8, 4) is 0 Å². The van der Waals surface area contributed by atoms with Crippen molar-refractivity contribution in [2.45, 2.75) is 155 Å². The maximum Gasteiger partial charge on any atom is 0.0466 e. The van der Waals surface area contributed by atoms with Crippen LogP contribution >= 0.6 is 0 Å². The molecular weight excluding hydrogens is 355 g/mol. The first-order valence-electron chi connectivity index (χ1n) is 13.0. The molecule has 2 heteroatoms. The Morgan fingerprint density at radius 1 is 0.321 bits per heavy atom. The second-order valence-corrected chi connectivity index (χ2v) is 8.68. The van der Waals surface area contributed by atoms with Gasteiger partial charge in [-0.05, 0) is 12.8 Å². The first-order chi connectivity index (χ1) is 13.4. The first-order valence-corrected chi connectivity index (χ1v) is 13.0. The second-order valence-electron chi connectivity index (χ2n) is 8.68. The van der Waals surface area contributed by atoms with E-state index in [1.165, 1.54) is 141 Å². The Bertz CT molecular complexity index is 221. The quantitative estimate of drug-likeness (QED) is 0.114. The Labute approximate surface area is 190 Å². The molecule has 0 aliphatic heterocycles. The summed E-state index contributed by atoms with van der Waals surface area (Å²) in [6.07, 6.45) is 31.1. The SMILES string of the molecule is CCCCCCCCCCCCCOCCCCCCCCCCCCC.[Al]. The molecule has 0 aromatic rings. The number of rotatable bonds is 24. The van der Waals surface area contributed by atoms with E-state index < -0.39 is 0 Å². The maximum atomic E-state index is 5.80. The maximum absolute atomic E-state index is 5.80. The van der Waals surface area contributed by atoms with E-state index in [4.69, 9.17) is 4.74 Å². The Morgan fingerprint density at radius 2 is 0.536 bits per heavy atom. The average molecular weight is 410 g/mol. The summed E-state index contributed by atoms with van der Waals surface area (Å²) in [4.78, 5) is 0. The van der Waals surface area contributed by atoms with Gasteiger partial charge in [-0.15, -0.1) is 0 Å². The fourth-order valence-corrected chi connectivity index (χ4v) is 3.84. The molecule has 0 saturated heterocycles. The molecule has 0 unspecified atom stereocenters. The topological polar surface area (TPSA) is 9.23 Å². The molecule has 0 aliphatic rings. The summed E-state index contributed by atoms with van der Waals surface area (Å²) in [6.45, 7) is 6.58.